The summed E-state index contributed by atoms with van der Waals surface area (Å²) in [5, 5.41) is 4.10. The topological polar surface area (TPSA) is 80.2 Å². The fourth-order valence-corrected chi connectivity index (χ4v) is 3.68. The molecule has 1 fully saturated rings. The largest absolute Gasteiger partial charge is 0.496 e. The number of nitrogens with zero attached hydrogens (tertiary/aromatic N) is 2. The highest BCUT2D eigenvalue weighted by molar-refractivity contribution is 5.94. The van der Waals surface area contributed by atoms with Crippen molar-refractivity contribution < 1.29 is 9.53 Å². The van der Waals surface area contributed by atoms with Crippen LogP contribution in [0, 0.1) is 0 Å². The summed E-state index contributed by atoms with van der Waals surface area (Å²) in [7, 11) is 1.69. The lowest BCUT2D eigenvalue weighted by atomic mass is 10.1. The Bertz CT molecular complexity index is 954. The summed E-state index contributed by atoms with van der Waals surface area (Å²) in [6, 6.07) is 11.9. The van der Waals surface area contributed by atoms with Crippen LogP contribution in [-0.4, -0.2) is 28.7 Å². The number of benzene rings is 1. The molecule has 4 rings (SSSR count). The van der Waals surface area contributed by atoms with Gasteiger partial charge in [0.05, 0.1) is 30.4 Å². The standard InChI is InChI=1S/C20H23N5O2/c1-3-25-16-7-4-8-18(27-2)14(16)10-17(25)15-11-19(24-23-15)22-20(26)13-6-5-9-21-12-13/h4-10,12,15,19,23-24H,3,11H2,1-2H3,(H,22,26). The van der Waals surface area contributed by atoms with E-state index in [2.05, 4.69) is 44.8 Å². The molecule has 2 atom stereocenters. The summed E-state index contributed by atoms with van der Waals surface area (Å²) in [4.78, 5) is 16.3. The van der Waals surface area contributed by atoms with Gasteiger partial charge in [0.25, 0.3) is 5.91 Å². The molecule has 1 aromatic carbocycles. The average molecular weight is 365 g/mol. The predicted octanol–water partition coefficient (Wildman–Crippen LogP) is 2.36. The zero-order valence-corrected chi connectivity index (χ0v) is 15.4. The third-order valence-corrected chi connectivity index (χ3v) is 4.96. The predicted molar refractivity (Wildman–Crippen MR) is 103 cm³/mol. The molecule has 140 valence electrons. The molecular formula is C20H23N5O2. The summed E-state index contributed by atoms with van der Waals surface area (Å²) in [6.07, 6.45) is 3.80. The number of rotatable bonds is 5. The molecule has 0 bridgehead atoms. The number of aromatic nitrogens is 2. The number of carbonyl (C=O) groups excluding carboxylic acids is 1. The number of fused-ring (bicyclic) bond motifs is 1. The maximum Gasteiger partial charge on any atom is 0.254 e. The number of nitrogens with one attached hydrogen (secondary N) is 3. The molecule has 7 nitrogen and oxygen atoms in total. The molecule has 1 saturated heterocycles. The lowest BCUT2D eigenvalue weighted by Gasteiger charge is -2.14. The van der Waals surface area contributed by atoms with Crippen molar-refractivity contribution in [3.05, 3.63) is 60.0 Å². The number of amides is 1. The zero-order valence-electron chi connectivity index (χ0n) is 15.4. The molecule has 1 aliphatic rings. The van der Waals surface area contributed by atoms with Crippen LogP contribution in [0.4, 0.5) is 0 Å². The Kier molecular flexibility index (Phi) is 4.79. The molecule has 3 N–H and O–H groups in total. The zero-order chi connectivity index (χ0) is 18.8. The van der Waals surface area contributed by atoms with E-state index in [1.54, 1.807) is 31.6 Å². The van der Waals surface area contributed by atoms with Gasteiger partial charge >= 0.3 is 0 Å². The maximum atomic E-state index is 12.4. The van der Waals surface area contributed by atoms with Crippen LogP contribution in [0.15, 0.2) is 48.8 Å². The van der Waals surface area contributed by atoms with Crippen LogP contribution in [0.3, 0.4) is 0 Å². The number of carbonyl (C=O) groups is 1. The van der Waals surface area contributed by atoms with Gasteiger partial charge in [-0.3, -0.25) is 9.78 Å². The monoisotopic (exact) mass is 365 g/mol. The first-order chi connectivity index (χ1) is 13.2. The second-order valence-electron chi connectivity index (χ2n) is 6.55. The molecule has 3 heterocycles. The van der Waals surface area contributed by atoms with Crippen molar-refractivity contribution >= 4 is 16.8 Å². The highest BCUT2D eigenvalue weighted by atomic mass is 16.5. The molecule has 7 heteroatoms. The van der Waals surface area contributed by atoms with Crippen LogP contribution in [-0.2, 0) is 6.54 Å². The second-order valence-corrected chi connectivity index (χ2v) is 6.55. The van der Waals surface area contributed by atoms with Gasteiger partial charge in [-0.15, -0.1) is 0 Å². The normalized spacial score (nSPS) is 19.3. The number of hydrogen-bond donors (Lipinski definition) is 3. The van der Waals surface area contributed by atoms with Crippen molar-refractivity contribution in [3.63, 3.8) is 0 Å². The van der Waals surface area contributed by atoms with Gasteiger partial charge < -0.3 is 14.6 Å². The molecular weight excluding hydrogens is 342 g/mol. The molecule has 1 aliphatic heterocycles. The number of hydrogen-bond acceptors (Lipinski definition) is 5. The summed E-state index contributed by atoms with van der Waals surface area (Å²) in [5.74, 6) is 0.731. The summed E-state index contributed by atoms with van der Waals surface area (Å²) in [5.41, 5.74) is 9.36. The summed E-state index contributed by atoms with van der Waals surface area (Å²) in [6.45, 7) is 2.99. The van der Waals surface area contributed by atoms with Crippen molar-refractivity contribution in [2.75, 3.05) is 7.11 Å². The van der Waals surface area contributed by atoms with Gasteiger partial charge in [-0.1, -0.05) is 6.07 Å². The van der Waals surface area contributed by atoms with E-state index in [1.165, 1.54) is 5.69 Å². The minimum atomic E-state index is -0.159. The molecule has 2 unspecified atom stereocenters. The SMILES string of the molecule is CCn1c(C2CC(NC(=O)c3cccnc3)NN2)cc2c(OC)cccc21. The van der Waals surface area contributed by atoms with Crippen LogP contribution < -0.4 is 20.9 Å². The van der Waals surface area contributed by atoms with Gasteiger partial charge in [0.1, 0.15) is 5.75 Å². The fraction of sp³-hybridized carbons (Fsp3) is 0.300. The lowest BCUT2D eigenvalue weighted by Crippen LogP contribution is -2.44. The van der Waals surface area contributed by atoms with Gasteiger partial charge in [-0.05, 0) is 37.3 Å². The van der Waals surface area contributed by atoms with Gasteiger partial charge in [-0.2, -0.15) is 0 Å². The first kappa shape index (κ1) is 17.5. The van der Waals surface area contributed by atoms with Crippen LogP contribution in [0.1, 0.15) is 35.4 Å². The van der Waals surface area contributed by atoms with E-state index >= 15 is 0 Å². The molecule has 0 aliphatic carbocycles. The summed E-state index contributed by atoms with van der Waals surface area (Å²) < 4.78 is 7.79. The van der Waals surface area contributed by atoms with E-state index in [0.29, 0.717) is 5.56 Å². The van der Waals surface area contributed by atoms with Crippen LogP contribution in [0.5, 0.6) is 5.75 Å². The first-order valence-corrected chi connectivity index (χ1v) is 9.09. The van der Waals surface area contributed by atoms with Crippen LogP contribution >= 0.6 is 0 Å². The lowest BCUT2D eigenvalue weighted by molar-refractivity contribution is 0.0932. The van der Waals surface area contributed by atoms with E-state index in [1.807, 2.05) is 12.1 Å². The molecule has 0 radical (unpaired) electrons. The van der Waals surface area contributed by atoms with Gasteiger partial charge in [0.2, 0.25) is 0 Å². The highest BCUT2D eigenvalue weighted by Gasteiger charge is 2.29. The highest BCUT2D eigenvalue weighted by Crippen LogP contribution is 2.33. The van der Waals surface area contributed by atoms with E-state index in [4.69, 9.17) is 4.74 Å². The van der Waals surface area contributed by atoms with Crippen molar-refractivity contribution in [1.82, 2.24) is 25.7 Å². The third-order valence-electron chi connectivity index (χ3n) is 4.96. The van der Waals surface area contributed by atoms with E-state index < -0.39 is 0 Å². The maximum absolute atomic E-state index is 12.4. The smallest absolute Gasteiger partial charge is 0.254 e. The Morgan fingerprint density at radius 3 is 2.96 bits per heavy atom. The van der Waals surface area contributed by atoms with Crippen molar-refractivity contribution in [2.24, 2.45) is 0 Å². The minimum Gasteiger partial charge on any atom is -0.496 e. The number of pyridine rings is 1. The van der Waals surface area contributed by atoms with E-state index in [-0.39, 0.29) is 18.1 Å². The Hall–Kier alpha value is -2.90. The minimum absolute atomic E-state index is 0.0845. The summed E-state index contributed by atoms with van der Waals surface area (Å²) >= 11 is 0. The average Bonchev–Trinajstić information content (AvgIpc) is 3.32. The van der Waals surface area contributed by atoms with E-state index in [9.17, 15) is 4.79 Å². The Morgan fingerprint density at radius 1 is 1.33 bits per heavy atom. The van der Waals surface area contributed by atoms with Gasteiger partial charge in [-0.25, -0.2) is 10.9 Å². The van der Waals surface area contributed by atoms with Crippen LogP contribution in [0.25, 0.3) is 10.9 Å². The Labute approximate surface area is 157 Å². The fourth-order valence-electron chi connectivity index (χ4n) is 3.68. The number of aryl methyl sites for hydroxylation is 1. The number of methoxy groups -OCH3 is 1. The third kappa shape index (κ3) is 3.27. The Morgan fingerprint density at radius 2 is 2.22 bits per heavy atom. The molecule has 1 amide bonds. The molecule has 0 spiro atoms. The van der Waals surface area contributed by atoms with Crippen molar-refractivity contribution in [2.45, 2.75) is 32.1 Å². The quantitative estimate of drug-likeness (QED) is 0.647. The molecule has 0 saturated carbocycles. The number of ether oxygens (including phenoxy) is 1. The van der Waals surface area contributed by atoms with E-state index in [0.717, 1.165) is 29.6 Å². The second kappa shape index (κ2) is 7.38. The Balaban J connectivity index is 1.54. The molecule has 3 aromatic rings. The van der Waals surface area contributed by atoms with Gasteiger partial charge in [0, 0.05) is 36.4 Å². The van der Waals surface area contributed by atoms with Gasteiger partial charge in [0.15, 0.2) is 0 Å². The number of hydrazine groups is 1. The molecule has 27 heavy (non-hydrogen) atoms. The first-order valence-electron chi connectivity index (χ1n) is 9.09. The molecule has 2 aromatic heterocycles. The van der Waals surface area contributed by atoms with Crippen molar-refractivity contribution in [1.29, 1.82) is 0 Å². The van der Waals surface area contributed by atoms with Crippen LogP contribution in [0.2, 0.25) is 0 Å². The van der Waals surface area contributed by atoms with Crippen molar-refractivity contribution in [3.8, 4) is 5.75 Å².